The van der Waals surface area contributed by atoms with E-state index in [2.05, 4.69) is 18.2 Å². The Morgan fingerprint density at radius 2 is 1.88 bits per heavy atom. The highest BCUT2D eigenvalue weighted by molar-refractivity contribution is 5.21. The molecule has 2 heterocycles. The first-order chi connectivity index (χ1) is 12.2. The van der Waals surface area contributed by atoms with Crippen LogP contribution in [0, 0.1) is 11.8 Å². The third-order valence-corrected chi connectivity index (χ3v) is 5.60. The minimum Gasteiger partial charge on any atom is -0.393 e. The van der Waals surface area contributed by atoms with Crippen molar-refractivity contribution in [3.63, 3.8) is 0 Å². The van der Waals surface area contributed by atoms with Gasteiger partial charge in [0.1, 0.15) is 0 Å². The summed E-state index contributed by atoms with van der Waals surface area (Å²) >= 11 is 0. The Labute approximate surface area is 151 Å². The van der Waals surface area contributed by atoms with Gasteiger partial charge < -0.3 is 14.9 Å². The summed E-state index contributed by atoms with van der Waals surface area (Å²) in [6.07, 6.45) is 13.0. The van der Waals surface area contributed by atoms with E-state index in [1.165, 1.54) is 0 Å². The van der Waals surface area contributed by atoms with Crippen LogP contribution in [0.2, 0.25) is 0 Å². The van der Waals surface area contributed by atoms with Crippen molar-refractivity contribution in [3.8, 4) is 0 Å². The SMILES string of the molecule is CC[C@@H](O)CC=CC[C@@H]1C(C=CC(O)c2ccccc2)[C@@H]2CC[C@H]1O2. The minimum atomic E-state index is -0.559. The zero-order valence-corrected chi connectivity index (χ0v) is 15.0. The van der Waals surface area contributed by atoms with E-state index >= 15 is 0 Å². The van der Waals surface area contributed by atoms with E-state index in [-0.39, 0.29) is 6.10 Å². The molecule has 2 unspecified atom stereocenters. The summed E-state index contributed by atoms with van der Waals surface area (Å²) in [5, 5.41) is 20.0. The number of hydrogen-bond acceptors (Lipinski definition) is 3. The second kappa shape index (κ2) is 8.79. The first-order valence-corrected chi connectivity index (χ1v) is 9.59. The van der Waals surface area contributed by atoms with Crippen LogP contribution in [0.1, 0.15) is 50.7 Å². The van der Waals surface area contributed by atoms with Gasteiger partial charge in [0.05, 0.1) is 24.4 Å². The van der Waals surface area contributed by atoms with Gasteiger partial charge in [-0.15, -0.1) is 0 Å². The number of hydrogen-bond donors (Lipinski definition) is 2. The van der Waals surface area contributed by atoms with Gasteiger partial charge in [-0.2, -0.15) is 0 Å². The number of allylic oxidation sites excluding steroid dienone is 1. The summed E-state index contributed by atoms with van der Waals surface area (Å²) < 4.78 is 6.12. The third-order valence-electron chi connectivity index (χ3n) is 5.60. The fraction of sp³-hybridized carbons (Fsp3) is 0.545. The van der Waals surface area contributed by atoms with E-state index in [1.54, 1.807) is 0 Å². The molecule has 0 aliphatic carbocycles. The molecule has 0 spiro atoms. The van der Waals surface area contributed by atoms with Crippen LogP contribution in [0.4, 0.5) is 0 Å². The molecular weight excluding hydrogens is 312 g/mol. The molecule has 0 aromatic heterocycles. The van der Waals surface area contributed by atoms with E-state index in [0.29, 0.717) is 24.0 Å². The molecule has 1 aromatic rings. The predicted octanol–water partition coefficient (Wildman–Crippen LogP) is 4.18. The number of aliphatic hydroxyl groups excluding tert-OH is 2. The lowest BCUT2D eigenvalue weighted by atomic mass is 9.77. The Kier molecular flexibility index (Phi) is 6.46. The lowest BCUT2D eigenvalue weighted by Gasteiger charge is -2.25. The molecule has 0 amide bonds. The van der Waals surface area contributed by atoms with E-state index in [4.69, 9.17) is 4.74 Å². The van der Waals surface area contributed by atoms with Crippen LogP contribution in [0.3, 0.4) is 0 Å². The van der Waals surface area contributed by atoms with Crippen molar-refractivity contribution in [2.75, 3.05) is 0 Å². The molecule has 2 aliphatic heterocycles. The minimum absolute atomic E-state index is 0.232. The van der Waals surface area contributed by atoms with Crippen molar-refractivity contribution < 1.29 is 14.9 Å². The van der Waals surface area contributed by atoms with Crippen LogP contribution >= 0.6 is 0 Å². The monoisotopic (exact) mass is 342 g/mol. The Morgan fingerprint density at radius 3 is 2.64 bits per heavy atom. The predicted molar refractivity (Wildman–Crippen MR) is 100 cm³/mol. The van der Waals surface area contributed by atoms with Crippen LogP contribution in [0.5, 0.6) is 0 Å². The van der Waals surface area contributed by atoms with Crippen LogP contribution in [-0.2, 0) is 4.74 Å². The second-order valence-corrected chi connectivity index (χ2v) is 7.28. The molecule has 136 valence electrons. The summed E-state index contributed by atoms with van der Waals surface area (Å²) in [6, 6.07) is 9.76. The maximum absolute atomic E-state index is 10.4. The van der Waals surface area contributed by atoms with Gasteiger partial charge in [-0.25, -0.2) is 0 Å². The fourth-order valence-electron chi connectivity index (χ4n) is 4.05. The Balaban J connectivity index is 1.59. The van der Waals surface area contributed by atoms with Gasteiger partial charge in [0.2, 0.25) is 0 Å². The fourth-order valence-corrected chi connectivity index (χ4v) is 4.05. The maximum atomic E-state index is 10.4. The largest absolute Gasteiger partial charge is 0.393 e. The van der Waals surface area contributed by atoms with E-state index in [0.717, 1.165) is 37.7 Å². The van der Waals surface area contributed by atoms with Gasteiger partial charge in [-0.05, 0) is 43.6 Å². The molecule has 2 bridgehead atoms. The maximum Gasteiger partial charge on any atom is 0.0971 e. The molecule has 3 nitrogen and oxygen atoms in total. The molecule has 3 heteroatoms. The van der Waals surface area contributed by atoms with Crippen molar-refractivity contribution in [1.29, 1.82) is 0 Å². The Bertz CT molecular complexity index is 580. The molecule has 3 rings (SSSR count). The molecular formula is C22H30O3. The summed E-state index contributed by atoms with van der Waals surface area (Å²) in [5.74, 6) is 0.853. The molecule has 2 aliphatic rings. The highest BCUT2D eigenvalue weighted by Crippen LogP contribution is 2.46. The number of rotatable bonds is 8. The van der Waals surface area contributed by atoms with Crippen LogP contribution in [0.25, 0.3) is 0 Å². The van der Waals surface area contributed by atoms with Crippen LogP contribution in [0.15, 0.2) is 54.6 Å². The summed E-state index contributed by atoms with van der Waals surface area (Å²) in [5.41, 5.74) is 0.924. The van der Waals surface area contributed by atoms with Crippen molar-refractivity contribution in [3.05, 3.63) is 60.2 Å². The second-order valence-electron chi connectivity index (χ2n) is 7.28. The average molecular weight is 342 g/mol. The summed E-state index contributed by atoms with van der Waals surface area (Å²) in [6.45, 7) is 2.00. The number of benzene rings is 1. The van der Waals surface area contributed by atoms with Crippen molar-refractivity contribution in [2.24, 2.45) is 11.8 Å². The molecule has 0 radical (unpaired) electrons. The quantitative estimate of drug-likeness (QED) is 0.697. The van der Waals surface area contributed by atoms with Gasteiger partial charge in [0.15, 0.2) is 0 Å². The first kappa shape index (κ1) is 18.4. The average Bonchev–Trinajstić information content (AvgIpc) is 3.25. The van der Waals surface area contributed by atoms with E-state index in [9.17, 15) is 10.2 Å². The van der Waals surface area contributed by atoms with Crippen LogP contribution < -0.4 is 0 Å². The molecule has 2 saturated heterocycles. The Hall–Kier alpha value is -1.42. The van der Waals surface area contributed by atoms with Crippen molar-refractivity contribution in [2.45, 2.75) is 63.4 Å². The zero-order chi connectivity index (χ0) is 17.6. The number of ether oxygens (including phenoxy) is 1. The van der Waals surface area contributed by atoms with Gasteiger partial charge >= 0.3 is 0 Å². The molecule has 2 fully saturated rings. The zero-order valence-electron chi connectivity index (χ0n) is 15.0. The Morgan fingerprint density at radius 1 is 1.12 bits per heavy atom. The number of fused-ring (bicyclic) bond motifs is 2. The standard InChI is InChI=1S/C22H30O3/c1-2-17(23)10-6-7-11-18-19(22-15-14-21(18)25-22)12-13-20(24)16-8-4-3-5-9-16/h3-9,12-13,17-24H,2,10-11,14-15H2,1H3/t17-,18-,19?,20?,21-,22+/m1/s1. The highest BCUT2D eigenvalue weighted by atomic mass is 16.5. The lowest BCUT2D eigenvalue weighted by molar-refractivity contribution is 0.0899. The molecule has 1 aromatic carbocycles. The molecule has 0 saturated carbocycles. The molecule has 25 heavy (non-hydrogen) atoms. The van der Waals surface area contributed by atoms with Gasteiger partial charge in [0, 0.05) is 5.92 Å². The third kappa shape index (κ3) is 4.60. The highest BCUT2D eigenvalue weighted by Gasteiger charge is 2.46. The normalized spacial score (nSPS) is 31.2. The topological polar surface area (TPSA) is 49.7 Å². The first-order valence-electron chi connectivity index (χ1n) is 9.59. The van der Waals surface area contributed by atoms with Gasteiger partial charge in [-0.1, -0.05) is 61.6 Å². The van der Waals surface area contributed by atoms with E-state index < -0.39 is 6.10 Å². The van der Waals surface area contributed by atoms with Crippen molar-refractivity contribution >= 4 is 0 Å². The lowest BCUT2D eigenvalue weighted by Crippen LogP contribution is -2.25. The van der Waals surface area contributed by atoms with E-state index in [1.807, 2.05) is 43.3 Å². The van der Waals surface area contributed by atoms with Crippen LogP contribution in [-0.4, -0.2) is 28.5 Å². The van der Waals surface area contributed by atoms with Crippen molar-refractivity contribution in [1.82, 2.24) is 0 Å². The molecule has 2 N–H and O–H groups in total. The summed E-state index contributed by atoms with van der Waals surface area (Å²) in [7, 11) is 0. The summed E-state index contributed by atoms with van der Waals surface area (Å²) in [4.78, 5) is 0. The van der Waals surface area contributed by atoms with Gasteiger partial charge in [-0.3, -0.25) is 0 Å². The van der Waals surface area contributed by atoms with Gasteiger partial charge in [0.25, 0.3) is 0 Å². The smallest absolute Gasteiger partial charge is 0.0971 e. The molecule has 6 atom stereocenters. The number of aliphatic hydroxyl groups is 2.